The average Bonchev–Trinajstić information content (AvgIpc) is 3.14. The first-order chi connectivity index (χ1) is 13.7. The van der Waals surface area contributed by atoms with Gasteiger partial charge in [0.1, 0.15) is 5.75 Å². The zero-order valence-electron chi connectivity index (χ0n) is 14.7. The van der Waals surface area contributed by atoms with Crippen LogP contribution in [0.5, 0.6) is 11.6 Å². The molecule has 0 saturated carbocycles. The predicted molar refractivity (Wildman–Crippen MR) is 98.5 cm³/mol. The highest BCUT2D eigenvalue weighted by atomic mass is 19.3. The summed E-state index contributed by atoms with van der Waals surface area (Å²) in [4.78, 5) is 4.14. The maximum atomic E-state index is 12.3. The Labute approximate surface area is 159 Å². The zero-order valence-corrected chi connectivity index (χ0v) is 14.7. The summed E-state index contributed by atoms with van der Waals surface area (Å²) in [7, 11) is 0. The first-order valence-corrected chi connectivity index (χ1v) is 8.62. The molecular weight excluding hydrogens is 366 g/mol. The minimum Gasteiger partial charge on any atom is -0.477 e. The van der Waals surface area contributed by atoms with Gasteiger partial charge in [-0.15, -0.1) is 10.2 Å². The smallest absolute Gasteiger partial charge is 0.387 e. The second-order valence-corrected chi connectivity index (χ2v) is 5.95. The highest BCUT2D eigenvalue weighted by Crippen LogP contribution is 2.25. The molecule has 0 spiro atoms. The van der Waals surface area contributed by atoms with Crippen molar-refractivity contribution in [3.63, 3.8) is 0 Å². The van der Waals surface area contributed by atoms with Crippen molar-refractivity contribution in [1.29, 1.82) is 0 Å². The van der Waals surface area contributed by atoms with Crippen molar-refractivity contribution < 1.29 is 18.3 Å². The summed E-state index contributed by atoms with van der Waals surface area (Å²) in [5.74, 6) is 1.10. The van der Waals surface area contributed by atoms with Gasteiger partial charge in [-0.25, -0.2) is 4.40 Å². The molecule has 0 atom stereocenters. The molecule has 0 aliphatic rings. The van der Waals surface area contributed by atoms with Gasteiger partial charge in [-0.1, -0.05) is 30.3 Å². The fraction of sp³-hybridized carbons (Fsp3) is 0.150. The number of hydrogen-bond donors (Lipinski definition) is 0. The number of ether oxygens (including phenoxy) is 2. The van der Waals surface area contributed by atoms with Gasteiger partial charge in [-0.2, -0.15) is 8.78 Å². The van der Waals surface area contributed by atoms with Gasteiger partial charge in [0.25, 0.3) is 0 Å². The number of alkyl halides is 2. The van der Waals surface area contributed by atoms with Crippen LogP contribution in [-0.2, 0) is 6.42 Å². The molecule has 0 fully saturated rings. The Balaban J connectivity index is 1.58. The summed E-state index contributed by atoms with van der Waals surface area (Å²) in [6, 6.07) is 16.2. The number of rotatable bonds is 7. The minimum atomic E-state index is -2.87. The van der Waals surface area contributed by atoms with E-state index in [0.717, 1.165) is 6.42 Å². The number of hydrogen-bond acceptors (Lipinski definition) is 5. The fourth-order valence-electron chi connectivity index (χ4n) is 2.82. The van der Waals surface area contributed by atoms with Crippen LogP contribution >= 0.6 is 0 Å². The Morgan fingerprint density at radius 2 is 1.71 bits per heavy atom. The Morgan fingerprint density at radius 3 is 2.46 bits per heavy atom. The van der Waals surface area contributed by atoms with Crippen molar-refractivity contribution in [3.05, 3.63) is 72.6 Å². The number of halogens is 2. The lowest BCUT2D eigenvalue weighted by atomic mass is 10.2. The van der Waals surface area contributed by atoms with Crippen LogP contribution in [0.4, 0.5) is 8.78 Å². The molecule has 2 aromatic heterocycles. The number of aromatic nitrogens is 4. The molecule has 0 amide bonds. The van der Waals surface area contributed by atoms with Crippen LogP contribution in [0.25, 0.3) is 17.0 Å². The zero-order chi connectivity index (χ0) is 19.3. The van der Waals surface area contributed by atoms with Crippen molar-refractivity contribution in [1.82, 2.24) is 19.6 Å². The van der Waals surface area contributed by atoms with E-state index in [0.29, 0.717) is 29.5 Å². The van der Waals surface area contributed by atoms with Crippen LogP contribution in [0.2, 0.25) is 0 Å². The van der Waals surface area contributed by atoms with Gasteiger partial charge in [0.05, 0.1) is 19.0 Å². The number of nitrogens with zero attached hydrogens (tertiary/aromatic N) is 4. The summed E-state index contributed by atoms with van der Waals surface area (Å²) in [6.07, 6.45) is 3.92. The van der Waals surface area contributed by atoms with Crippen LogP contribution in [0.15, 0.2) is 67.0 Å². The summed E-state index contributed by atoms with van der Waals surface area (Å²) < 4.78 is 36.7. The molecule has 142 valence electrons. The first-order valence-electron chi connectivity index (χ1n) is 8.62. The molecule has 0 saturated heterocycles. The van der Waals surface area contributed by atoms with Crippen molar-refractivity contribution in [2.24, 2.45) is 0 Å². The van der Waals surface area contributed by atoms with E-state index < -0.39 is 6.61 Å². The first kappa shape index (κ1) is 17.8. The highest BCUT2D eigenvalue weighted by Gasteiger charge is 2.14. The van der Waals surface area contributed by atoms with E-state index in [-0.39, 0.29) is 5.75 Å². The third-order valence-corrected chi connectivity index (χ3v) is 4.10. The van der Waals surface area contributed by atoms with Crippen LogP contribution in [-0.4, -0.2) is 32.8 Å². The van der Waals surface area contributed by atoms with Gasteiger partial charge < -0.3 is 9.47 Å². The van der Waals surface area contributed by atoms with Gasteiger partial charge in [0.2, 0.25) is 5.88 Å². The third-order valence-electron chi connectivity index (χ3n) is 4.10. The van der Waals surface area contributed by atoms with Crippen LogP contribution in [0, 0.1) is 0 Å². The largest absolute Gasteiger partial charge is 0.477 e. The Bertz CT molecular complexity index is 1050. The van der Waals surface area contributed by atoms with E-state index in [1.54, 1.807) is 28.9 Å². The molecule has 8 heteroatoms. The maximum absolute atomic E-state index is 12.3. The maximum Gasteiger partial charge on any atom is 0.387 e. The van der Waals surface area contributed by atoms with Crippen molar-refractivity contribution in [2.45, 2.75) is 13.0 Å². The minimum absolute atomic E-state index is 0.0774. The second kappa shape index (κ2) is 7.99. The Morgan fingerprint density at radius 1 is 0.929 bits per heavy atom. The summed E-state index contributed by atoms with van der Waals surface area (Å²) in [5, 5.41) is 8.30. The molecule has 4 rings (SSSR count). The molecule has 0 aliphatic carbocycles. The van der Waals surface area contributed by atoms with Gasteiger partial charge >= 0.3 is 6.61 Å². The van der Waals surface area contributed by atoms with Gasteiger partial charge in [-0.3, -0.25) is 4.98 Å². The molecular formula is C20H16F2N4O2. The van der Waals surface area contributed by atoms with E-state index >= 15 is 0 Å². The van der Waals surface area contributed by atoms with Crippen molar-refractivity contribution in [2.75, 3.05) is 6.61 Å². The molecule has 0 aliphatic heterocycles. The topological polar surface area (TPSA) is 61.5 Å². The molecule has 28 heavy (non-hydrogen) atoms. The summed E-state index contributed by atoms with van der Waals surface area (Å²) in [6.45, 7) is -2.40. The van der Waals surface area contributed by atoms with Crippen LogP contribution < -0.4 is 9.47 Å². The Kier molecular flexibility index (Phi) is 5.09. The van der Waals surface area contributed by atoms with Crippen LogP contribution in [0.3, 0.4) is 0 Å². The molecule has 2 aromatic carbocycles. The van der Waals surface area contributed by atoms with Crippen LogP contribution in [0.1, 0.15) is 5.56 Å². The predicted octanol–water partition coefficient (Wildman–Crippen LogP) is 4.01. The van der Waals surface area contributed by atoms with Gasteiger partial charge in [0.15, 0.2) is 11.5 Å². The van der Waals surface area contributed by atoms with Gasteiger partial charge in [0, 0.05) is 12.0 Å². The molecule has 4 aromatic rings. The lowest BCUT2D eigenvalue weighted by molar-refractivity contribution is -0.0498. The SMILES string of the molecule is FC(F)Oc1ccc(-c2nnc3cncc(OCCc4ccccc4)n23)cc1. The lowest BCUT2D eigenvalue weighted by Crippen LogP contribution is -2.06. The number of benzene rings is 2. The average molecular weight is 382 g/mol. The summed E-state index contributed by atoms with van der Waals surface area (Å²) >= 11 is 0. The normalized spacial score (nSPS) is 11.1. The standard InChI is InChI=1S/C20H16F2N4O2/c21-20(22)28-16-8-6-15(7-9-16)19-25-24-17-12-23-13-18(26(17)19)27-11-10-14-4-2-1-3-5-14/h1-9,12-13,20H,10-11H2. The molecule has 2 heterocycles. The third kappa shape index (κ3) is 3.90. The Hall–Kier alpha value is -3.55. The van der Waals surface area contributed by atoms with E-state index in [1.165, 1.54) is 17.7 Å². The van der Waals surface area contributed by atoms with Crippen molar-refractivity contribution >= 4 is 5.65 Å². The number of fused-ring (bicyclic) bond motifs is 1. The second-order valence-electron chi connectivity index (χ2n) is 5.95. The van der Waals surface area contributed by atoms with Crippen molar-refractivity contribution in [3.8, 4) is 23.0 Å². The fourth-order valence-corrected chi connectivity index (χ4v) is 2.82. The molecule has 0 radical (unpaired) electrons. The van der Waals surface area contributed by atoms with E-state index in [2.05, 4.69) is 19.9 Å². The molecule has 0 bridgehead atoms. The van der Waals surface area contributed by atoms with Gasteiger partial charge in [-0.05, 0) is 29.8 Å². The van der Waals surface area contributed by atoms with E-state index in [4.69, 9.17) is 4.74 Å². The van der Waals surface area contributed by atoms with E-state index in [1.807, 2.05) is 30.3 Å². The lowest BCUT2D eigenvalue weighted by Gasteiger charge is -2.10. The summed E-state index contributed by atoms with van der Waals surface area (Å²) in [5.41, 5.74) is 2.38. The highest BCUT2D eigenvalue weighted by molar-refractivity contribution is 5.61. The monoisotopic (exact) mass is 382 g/mol. The van der Waals surface area contributed by atoms with E-state index in [9.17, 15) is 8.78 Å². The molecule has 6 nitrogen and oxygen atoms in total. The molecule has 0 unspecified atom stereocenters. The quantitative estimate of drug-likeness (QED) is 0.483. The molecule has 0 N–H and O–H groups in total.